The molecule has 0 unspecified atom stereocenters. The summed E-state index contributed by atoms with van der Waals surface area (Å²) < 4.78 is 10.7. The quantitative estimate of drug-likeness (QED) is 0.606. The third-order valence-corrected chi connectivity index (χ3v) is 3.04. The molecule has 0 amide bonds. The third-order valence-electron chi connectivity index (χ3n) is 3.04. The van der Waals surface area contributed by atoms with Crippen LogP contribution in [0.4, 0.5) is 5.69 Å². The average Bonchev–Trinajstić information content (AvgIpc) is 2.57. The number of nitrogens with one attached hydrogen (secondary N) is 1. The van der Waals surface area contributed by atoms with Crippen molar-refractivity contribution in [2.45, 2.75) is 13.0 Å². The summed E-state index contributed by atoms with van der Waals surface area (Å²) in [5.41, 5.74) is 4.34. The van der Waals surface area contributed by atoms with E-state index in [1.807, 2.05) is 30.3 Å². The van der Waals surface area contributed by atoms with E-state index in [9.17, 15) is 4.79 Å². The van der Waals surface area contributed by atoms with E-state index in [1.54, 1.807) is 24.4 Å². The molecule has 120 valence electrons. The molecule has 6 heteroatoms. The maximum absolute atomic E-state index is 11.0. The van der Waals surface area contributed by atoms with Gasteiger partial charge in [0.15, 0.2) is 17.6 Å². The average molecular weight is 314 g/mol. The molecule has 0 saturated carbocycles. The highest BCUT2D eigenvalue weighted by Crippen LogP contribution is 2.31. The van der Waals surface area contributed by atoms with E-state index in [4.69, 9.17) is 14.6 Å². The van der Waals surface area contributed by atoms with E-state index in [0.717, 1.165) is 5.69 Å². The molecule has 0 aliphatic carbocycles. The molecule has 0 fully saturated rings. The smallest absolute Gasteiger partial charge is 0.344 e. The van der Waals surface area contributed by atoms with Gasteiger partial charge in [-0.25, -0.2) is 4.79 Å². The molecule has 2 rings (SSSR count). The summed E-state index contributed by atoms with van der Waals surface area (Å²) in [6.07, 6.45) is 0.555. The molecular formula is C17H18N2O4. The minimum absolute atomic E-state index is 0.337. The Hall–Kier alpha value is -3.02. The van der Waals surface area contributed by atoms with Gasteiger partial charge in [-0.05, 0) is 31.2 Å². The zero-order chi connectivity index (χ0) is 16.7. The van der Waals surface area contributed by atoms with Gasteiger partial charge in [0.25, 0.3) is 0 Å². The van der Waals surface area contributed by atoms with E-state index < -0.39 is 12.1 Å². The van der Waals surface area contributed by atoms with E-state index in [-0.39, 0.29) is 0 Å². The van der Waals surface area contributed by atoms with Gasteiger partial charge in [-0.1, -0.05) is 24.3 Å². The van der Waals surface area contributed by atoms with Gasteiger partial charge in [-0.3, -0.25) is 5.43 Å². The number of rotatable bonds is 7. The van der Waals surface area contributed by atoms with E-state index in [0.29, 0.717) is 17.1 Å². The normalized spacial score (nSPS) is 11.9. The fourth-order valence-electron chi connectivity index (χ4n) is 1.84. The van der Waals surface area contributed by atoms with Gasteiger partial charge in [0, 0.05) is 5.56 Å². The molecule has 2 aromatic rings. The Bertz CT molecular complexity index is 686. The van der Waals surface area contributed by atoms with Gasteiger partial charge in [-0.15, -0.1) is 0 Å². The number of ether oxygens (including phenoxy) is 2. The van der Waals surface area contributed by atoms with Crippen molar-refractivity contribution in [3.63, 3.8) is 0 Å². The van der Waals surface area contributed by atoms with E-state index >= 15 is 0 Å². The number of aliphatic carboxylic acids is 1. The van der Waals surface area contributed by atoms with Crippen molar-refractivity contribution in [2.75, 3.05) is 12.5 Å². The van der Waals surface area contributed by atoms with Crippen LogP contribution in [0.5, 0.6) is 11.5 Å². The van der Waals surface area contributed by atoms with Crippen LogP contribution >= 0.6 is 0 Å². The minimum atomic E-state index is -1.05. The van der Waals surface area contributed by atoms with Crippen LogP contribution in [0.2, 0.25) is 0 Å². The lowest BCUT2D eigenvalue weighted by Gasteiger charge is -2.15. The van der Waals surface area contributed by atoms with Crippen molar-refractivity contribution in [1.29, 1.82) is 0 Å². The number of benzene rings is 2. The fourth-order valence-corrected chi connectivity index (χ4v) is 1.84. The number of nitrogens with zero attached hydrogens (tertiary/aromatic N) is 1. The highest BCUT2D eigenvalue weighted by molar-refractivity contribution is 5.86. The maximum Gasteiger partial charge on any atom is 0.344 e. The number of para-hydroxylation sites is 2. The Morgan fingerprint density at radius 1 is 1.22 bits per heavy atom. The number of hydrogen-bond acceptors (Lipinski definition) is 5. The van der Waals surface area contributed by atoms with Gasteiger partial charge >= 0.3 is 5.97 Å². The molecule has 0 aromatic heterocycles. The molecule has 0 saturated heterocycles. The maximum atomic E-state index is 11.0. The number of hydrogen-bond donors (Lipinski definition) is 2. The van der Waals surface area contributed by atoms with Crippen molar-refractivity contribution >= 4 is 17.9 Å². The Balaban J connectivity index is 2.21. The van der Waals surface area contributed by atoms with Crippen LogP contribution in [-0.4, -0.2) is 30.5 Å². The summed E-state index contributed by atoms with van der Waals surface area (Å²) in [6, 6.07) is 14.7. The third kappa shape index (κ3) is 4.47. The predicted molar refractivity (Wildman–Crippen MR) is 88.4 cm³/mol. The van der Waals surface area contributed by atoms with Crippen LogP contribution < -0.4 is 14.9 Å². The Morgan fingerprint density at radius 2 is 1.96 bits per heavy atom. The number of carboxylic acids is 1. The molecule has 0 aliphatic rings. The molecule has 0 spiro atoms. The minimum Gasteiger partial charge on any atom is -0.493 e. The highest BCUT2D eigenvalue weighted by atomic mass is 16.5. The second-order valence-corrected chi connectivity index (χ2v) is 4.71. The predicted octanol–water partition coefficient (Wildman–Crippen LogP) is 2.99. The summed E-state index contributed by atoms with van der Waals surface area (Å²) in [6.45, 7) is 1.46. The summed E-state index contributed by atoms with van der Waals surface area (Å²) in [4.78, 5) is 11.0. The summed E-state index contributed by atoms with van der Waals surface area (Å²) in [5, 5.41) is 13.2. The first-order valence-electron chi connectivity index (χ1n) is 7.02. The number of carboxylic acid groups (broad SMARTS) is 1. The van der Waals surface area contributed by atoms with Gasteiger partial charge < -0.3 is 14.6 Å². The molecule has 0 heterocycles. The molecule has 0 aliphatic heterocycles. The molecule has 1 atom stereocenters. The second kappa shape index (κ2) is 7.84. The Kier molecular flexibility index (Phi) is 5.57. The lowest BCUT2D eigenvalue weighted by atomic mass is 10.2. The topological polar surface area (TPSA) is 80.1 Å². The lowest BCUT2D eigenvalue weighted by molar-refractivity contribution is -0.144. The zero-order valence-electron chi connectivity index (χ0n) is 12.9. The summed E-state index contributed by atoms with van der Waals surface area (Å²) >= 11 is 0. The number of carbonyl (C=O) groups is 1. The molecule has 2 N–H and O–H groups in total. The molecular weight excluding hydrogens is 296 g/mol. The van der Waals surface area contributed by atoms with Crippen molar-refractivity contribution in [3.05, 3.63) is 54.1 Å². The van der Waals surface area contributed by atoms with Crippen molar-refractivity contribution in [2.24, 2.45) is 5.10 Å². The first-order valence-corrected chi connectivity index (χ1v) is 7.02. The van der Waals surface area contributed by atoms with Crippen LogP contribution in [0.25, 0.3) is 0 Å². The van der Waals surface area contributed by atoms with Crippen LogP contribution in [0.1, 0.15) is 12.5 Å². The fraction of sp³-hybridized carbons (Fsp3) is 0.176. The SMILES string of the molecule is COc1cccc(/C=N\Nc2ccccc2)c1O[C@@H](C)C(=O)O. The largest absolute Gasteiger partial charge is 0.493 e. The van der Waals surface area contributed by atoms with Gasteiger partial charge in [-0.2, -0.15) is 5.10 Å². The Labute approximate surface area is 134 Å². The van der Waals surface area contributed by atoms with Crippen molar-refractivity contribution < 1.29 is 19.4 Å². The number of anilines is 1. The van der Waals surface area contributed by atoms with Crippen LogP contribution in [-0.2, 0) is 4.79 Å². The van der Waals surface area contributed by atoms with Gasteiger partial charge in [0.05, 0.1) is 19.0 Å². The van der Waals surface area contributed by atoms with E-state index in [1.165, 1.54) is 14.0 Å². The monoisotopic (exact) mass is 314 g/mol. The first-order chi connectivity index (χ1) is 11.1. The van der Waals surface area contributed by atoms with Crippen molar-refractivity contribution in [3.8, 4) is 11.5 Å². The van der Waals surface area contributed by atoms with E-state index in [2.05, 4.69) is 10.5 Å². The molecule has 0 radical (unpaired) electrons. The number of hydrazone groups is 1. The van der Waals surface area contributed by atoms with Crippen molar-refractivity contribution in [1.82, 2.24) is 0 Å². The second-order valence-electron chi connectivity index (χ2n) is 4.71. The summed E-state index contributed by atoms with van der Waals surface area (Å²) in [5.74, 6) is -0.272. The molecule has 2 aromatic carbocycles. The number of methoxy groups -OCH3 is 1. The van der Waals surface area contributed by atoms with Gasteiger partial charge in [0.2, 0.25) is 0 Å². The zero-order valence-corrected chi connectivity index (χ0v) is 12.9. The molecule has 0 bridgehead atoms. The Morgan fingerprint density at radius 3 is 2.61 bits per heavy atom. The first kappa shape index (κ1) is 16.4. The van der Waals surface area contributed by atoms with Crippen LogP contribution in [0, 0.1) is 0 Å². The standard InChI is InChI=1S/C17H18N2O4/c1-12(17(20)21)23-16-13(7-6-10-15(16)22-2)11-18-19-14-8-4-3-5-9-14/h3-12,19H,1-2H3,(H,20,21)/b18-11-/t12-/m0/s1. The van der Waals surface area contributed by atoms with Crippen LogP contribution in [0.15, 0.2) is 53.6 Å². The molecule has 23 heavy (non-hydrogen) atoms. The van der Waals surface area contributed by atoms with Crippen LogP contribution in [0.3, 0.4) is 0 Å². The van der Waals surface area contributed by atoms with Gasteiger partial charge in [0.1, 0.15) is 0 Å². The summed E-state index contributed by atoms with van der Waals surface area (Å²) in [7, 11) is 1.50. The lowest BCUT2D eigenvalue weighted by Crippen LogP contribution is -2.23. The molecule has 6 nitrogen and oxygen atoms in total. The highest BCUT2D eigenvalue weighted by Gasteiger charge is 2.17.